The maximum Gasteiger partial charge on any atom is 0.239 e. The van der Waals surface area contributed by atoms with E-state index in [9.17, 15) is 9.59 Å². The van der Waals surface area contributed by atoms with Gasteiger partial charge in [0.15, 0.2) is 0 Å². The molecule has 0 N–H and O–H groups in total. The fourth-order valence-electron chi connectivity index (χ4n) is 4.63. The molecule has 1 fully saturated rings. The van der Waals surface area contributed by atoms with Crippen molar-refractivity contribution in [3.8, 4) is 0 Å². The van der Waals surface area contributed by atoms with E-state index in [1.54, 1.807) is 4.90 Å². The Kier molecular flexibility index (Phi) is 4.29. The summed E-state index contributed by atoms with van der Waals surface area (Å²) in [4.78, 5) is 29.6. The lowest BCUT2D eigenvalue weighted by Gasteiger charge is -2.39. The van der Waals surface area contributed by atoms with Crippen LogP contribution in [-0.2, 0) is 21.4 Å². The normalized spacial score (nSPS) is 21.8. The SMILES string of the molecule is Cc1noc(C)c1CCC(=O)N1CCC[C@@]2(C1)C(=O)N(C)c1ccccc12. The summed E-state index contributed by atoms with van der Waals surface area (Å²) in [6.45, 7) is 4.95. The molecule has 6 heteroatoms. The van der Waals surface area contributed by atoms with E-state index in [1.165, 1.54) is 0 Å². The van der Waals surface area contributed by atoms with Crippen molar-refractivity contribution >= 4 is 17.5 Å². The van der Waals surface area contributed by atoms with E-state index >= 15 is 0 Å². The molecule has 3 heterocycles. The third-order valence-corrected chi connectivity index (χ3v) is 6.11. The van der Waals surface area contributed by atoms with Crippen molar-refractivity contribution in [1.29, 1.82) is 0 Å². The summed E-state index contributed by atoms with van der Waals surface area (Å²) in [5.41, 5.74) is 3.28. The van der Waals surface area contributed by atoms with Gasteiger partial charge in [-0.25, -0.2) is 0 Å². The van der Waals surface area contributed by atoms with Crippen molar-refractivity contribution in [2.75, 3.05) is 25.0 Å². The molecule has 0 bridgehead atoms. The Morgan fingerprint density at radius 1 is 1.30 bits per heavy atom. The van der Waals surface area contributed by atoms with Gasteiger partial charge in [0, 0.05) is 37.8 Å². The molecule has 0 radical (unpaired) electrons. The Balaban J connectivity index is 1.53. The number of piperidine rings is 1. The third-order valence-electron chi connectivity index (χ3n) is 6.11. The Morgan fingerprint density at radius 2 is 2.07 bits per heavy atom. The van der Waals surface area contributed by atoms with Gasteiger partial charge >= 0.3 is 0 Å². The molecule has 1 aromatic carbocycles. The molecular weight excluding hydrogens is 342 g/mol. The Hall–Kier alpha value is -2.63. The Labute approximate surface area is 159 Å². The summed E-state index contributed by atoms with van der Waals surface area (Å²) in [7, 11) is 1.83. The molecule has 1 aromatic heterocycles. The number of likely N-dealkylation sites (tertiary alicyclic amines) is 1. The molecule has 2 aliphatic rings. The number of carbonyl (C=O) groups is 2. The number of benzene rings is 1. The molecule has 1 atom stereocenters. The maximum absolute atomic E-state index is 13.1. The van der Waals surface area contributed by atoms with Crippen LogP contribution < -0.4 is 4.90 Å². The van der Waals surface area contributed by atoms with E-state index in [1.807, 2.05) is 50.1 Å². The lowest BCUT2D eigenvalue weighted by molar-refractivity contribution is -0.135. The Morgan fingerprint density at radius 3 is 2.81 bits per heavy atom. The second kappa shape index (κ2) is 6.51. The second-order valence-electron chi connectivity index (χ2n) is 7.68. The summed E-state index contributed by atoms with van der Waals surface area (Å²) in [5.74, 6) is 0.970. The summed E-state index contributed by atoms with van der Waals surface area (Å²) >= 11 is 0. The maximum atomic E-state index is 13.1. The van der Waals surface area contributed by atoms with E-state index in [-0.39, 0.29) is 11.8 Å². The minimum absolute atomic E-state index is 0.0916. The van der Waals surface area contributed by atoms with Crippen molar-refractivity contribution in [3.63, 3.8) is 0 Å². The van der Waals surface area contributed by atoms with Crippen LogP contribution in [0.1, 0.15) is 41.8 Å². The first-order chi connectivity index (χ1) is 12.9. The van der Waals surface area contributed by atoms with Crippen molar-refractivity contribution in [2.45, 2.75) is 44.9 Å². The van der Waals surface area contributed by atoms with Gasteiger partial charge in [-0.1, -0.05) is 23.4 Å². The summed E-state index contributed by atoms with van der Waals surface area (Å²) < 4.78 is 5.19. The molecule has 2 amide bonds. The number of amides is 2. The lowest BCUT2D eigenvalue weighted by Crippen LogP contribution is -2.53. The largest absolute Gasteiger partial charge is 0.361 e. The van der Waals surface area contributed by atoms with Crippen LogP contribution in [-0.4, -0.2) is 42.0 Å². The molecule has 27 heavy (non-hydrogen) atoms. The molecular formula is C21H25N3O3. The molecule has 0 unspecified atom stereocenters. The average Bonchev–Trinajstić information content (AvgIpc) is 3.11. The number of hydrogen-bond donors (Lipinski definition) is 0. The zero-order chi connectivity index (χ0) is 19.2. The van der Waals surface area contributed by atoms with E-state index in [4.69, 9.17) is 4.52 Å². The van der Waals surface area contributed by atoms with E-state index in [0.29, 0.717) is 25.9 Å². The predicted molar refractivity (Wildman–Crippen MR) is 102 cm³/mol. The van der Waals surface area contributed by atoms with Crippen LogP contribution in [0.3, 0.4) is 0 Å². The van der Waals surface area contributed by atoms with Gasteiger partial charge in [0.1, 0.15) is 5.76 Å². The third kappa shape index (κ3) is 2.74. The minimum Gasteiger partial charge on any atom is -0.361 e. The molecule has 2 aromatic rings. The quantitative estimate of drug-likeness (QED) is 0.837. The fourth-order valence-corrected chi connectivity index (χ4v) is 4.63. The van der Waals surface area contributed by atoms with Gasteiger partial charge in [-0.15, -0.1) is 0 Å². The number of rotatable bonds is 3. The van der Waals surface area contributed by atoms with Gasteiger partial charge < -0.3 is 14.3 Å². The van der Waals surface area contributed by atoms with Crippen LogP contribution in [0, 0.1) is 13.8 Å². The first kappa shape index (κ1) is 17.8. The predicted octanol–water partition coefficient (Wildman–Crippen LogP) is 2.76. The highest BCUT2D eigenvalue weighted by Crippen LogP contribution is 2.46. The first-order valence-corrected chi connectivity index (χ1v) is 9.51. The standard InChI is InChI=1S/C21H25N3O3/c1-14-16(15(2)27-22-14)9-10-19(25)24-12-6-11-21(13-24)17-7-4-5-8-18(17)23(3)20(21)26/h4-5,7-8H,6,9-13H2,1-3H3/t21-/m0/s1. The molecule has 142 valence electrons. The van der Waals surface area contributed by atoms with Crippen molar-refractivity contribution in [2.24, 2.45) is 0 Å². The van der Waals surface area contributed by atoms with Gasteiger partial charge in [-0.2, -0.15) is 0 Å². The number of hydrogen-bond acceptors (Lipinski definition) is 4. The number of nitrogens with zero attached hydrogens (tertiary/aromatic N) is 3. The van der Waals surface area contributed by atoms with Gasteiger partial charge in [0.05, 0.1) is 11.1 Å². The van der Waals surface area contributed by atoms with E-state index in [0.717, 1.165) is 41.1 Å². The van der Waals surface area contributed by atoms with E-state index < -0.39 is 5.41 Å². The van der Waals surface area contributed by atoms with Crippen LogP contribution in [0.2, 0.25) is 0 Å². The van der Waals surface area contributed by atoms with Crippen LogP contribution in [0.5, 0.6) is 0 Å². The zero-order valence-electron chi connectivity index (χ0n) is 16.1. The first-order valence-electron chi connectivity index (χ1n) is 9.51. The smallest absolute Gasteiger partial charge is 0.239 e. The lowest BCUT2D eigenvalue weighted by atomic mass is 9.75. The number of fused-ring (bicyclic) bond motifs is 2. The monoisotopic (exact) mass is 367 g/mol. The zero-order valence-corrected chi connectivity index (χ0v) is 16.1. The number of anilines is 1. The highest BCUT2D eigenvalue weighted by Gasteiger charge is 2.52. The summed E-state index contributed by atoms with van der Waals surface area (Å²) in [6, 6.07) is 7.96. The van der Waals surface area contributed by atoms with Gasteiger partial charge in [-0.3, -0.25) is 9.59 Å². The van der Waals surface area contributed by atoms with E-state index in [2.05, 4.69) is 5.16 Å². The summed E-state index contributed by atoms with van der Waals surface area (Å²) in [6.07, 6.45) is 2.66. The van der Waals surface area contributed by atoms with Crippen molar-refractivity contribution in [1.82, 2.24) is 10.1 Å². The number of likely N-dealkylation sites (N-methyl/N-ethyl adjacent to an activating group) is 1. The second-order valence-corrected chi connectivity index (χ2v) is 7.68. The number of carbonyl (C=O) groups excluding carboxylic acids is 2. The summed E-state index contributed by atoms with van der Waals surface area (Å²) in [5, 5.41) is 3.96. The molecule has 0 saturated carbocycles. The molecule has 0 aliphatic carbocycles. The highest BCUT2D eigenvalue weighted by molar-refractivity contribution is 6.08. The van der Waals surface area contributed by atoms with Crippen molar-refractivity contribution in [3.05, 3.63) is 46.8 Å². The van der Waals surface area contributed by atoms with Crippen LogP contribution in [0.15, 0.2) is 28.8 Å². The molecule has 1 spiro atoms. The molecule has 1 saturated heterocycles. The van der Waals surface area contributed by atoms with Crippen LogP contribution >= 0.6 is 0 Å². The van der Waals surface area contributed by atoms with Crippen molar-refractivity contribution < 1.29 is 14.1 Å². The van der Waals surface area contributed by atoms with Crippen LogP contribution in [0.25, 0.3) is 0 Å². The number of aromatic nitrogens is 1. The highest BCUT2D eigenvalue weighted by atomic mass is 16.5. The number of para-hydroxylation sites is 1. The van der Waals surface area contributed by atoms with Gasteiger partial charge in [0.25, 0.3) is 0 Å². The van der Waals surface area contributed by atoms with Gasteiger partial charge in [-0.05, 0) is 44.7 Å². The average molecular weight is 367 g/mol. The van der Waals surface area contributed by atoms with Gasteiger partial charge in [0.2, 0.25) is 11.8 Å². The molecule has 6 nitrogen and oxygen atoms in total. The Bertz CT molecular complexity index is 884. The topological polar surface area (TPSA) is 66.7 Å². The molecule has 4 rings (SSSR count). The number of aryl methyl sites for hydroxylation is 2. The minimum atomic E-state index is -0.595. The molecule has 2 aliphatic heterocycles. The van der Waals surface area contributed by atoms with Crippen LogP contribution in [0.4, 0.5) is 5.69 Å². The fraction of sp³-hybridized carbons (Fsp3) is 0.476.